The average Bonchev–Trinajstić information content (AvgIpc) is 2.67. The molecule has 0 aliphatic carbocycles. The van der Waals surface area contributed by atoms with Crippen LogP contribution in [0.25, 0.3) is 0 Å². The fourth-order valence-electron chi connectivity index (χ4n) is 3.70. The lowest BCUT2D eigenvalue weighted by Gasteiger charge is -2.34. The summed E-state index contributed by atoms with van der Waals surface area (Å²) in [5.41, 5.74) is 2.19. The molecular formula is C22H27NO4. The zero-order chi connectivity index (χ0) is 19.2. The highest BCUT2D eigenvalue weighted by Crippen LogP contribution is 2.30. The third kappa shape index (κ3) is 5.23. The first-order chi connectivity index (χ1) is 13.0. The van der Waals surface area contributed by atoms with Crippen molar-refractivity contribution >= 4 is 5.97 Å². The first-order valence-corrected chi connectivity index (χ1v) is 9.34. The smallest absolute Gasteiger partial charge is 0.307 e. The highest BCUT2D eigenvalue weighted by atomic mass is 16.5. The van der Waals surface area contributed by atoms with Gasteiger partial charge in [-0.2, -0.15) is 0 Å². The molecule has 2 aromatic carbocycles. The summed E-state index contributed by atoms with van der Waals surface area (Å²) in [6, 6.07) is 15.9. The first-order valence-electron chi connectivity index (χ1n) is 9.34. The number of hydrogen-bond donors (Lipinski definition) is 1. The van der Waals surface area contributed by atoms with Gasteiger partial charge >= 0.3 is 5.97 Å². The molecule has 0 saturated carbocycles. The maximum absolute atomic E-state index is 11.4. The summed E-state index contributed by atoms with van der Waals surface area (Å²) >= 11 is 0. The molecule has 1 N–H and O–H groups in total. The molecule has 1 saturated heterocycles. The minimum atomic E-state index is -0.701. The lowest BCUT2D eigenvalue weighted by atomic mass is 9.90. The number of carbonyl (C=O) groups is 1. The average molecular weight is 369 g/mol. The summed E-state index contributed by atoms with van der Waals surface area (Å²) in [6.45, 7) is 4.80. The van der Waals surface area contributed by atoms with Crippen LogP contribution in [0.4, 0.5) is 0 Å². The number of benzene rings is 2. The molecule has 2 aromatic rings. The third-order valence-electron chi connectivity index (χ3n) is 4.96. The molecule has 3 rings (SSSR count). The van der Waals surface area contributed by atoms with Crippen LogP contribution in [0.5, 0.6) is 11.5 Å². The molecule has 0 bridgehead atoms. The van der Waals surface area contributed by atoms with Gasteiger partial charge in [0.15, 0.2) is 11.5 Å². The Bertz CT molecular complexity index is 762. The minimum Gasteiger partial charge on any atom is -0.493 e. The van der Waals surface area contributed by atoms with Crippen molar-refractivity contribution in [2.24, 2.45) is 11.8 Å². The predicted molar refractivity (Wildman–Crippen MR) is 104 cm³/mol. The molecule has 0 radical (unpaired) electrons. The quantitative estimate of drug-likeness (QED) is 0.804. The number of carboxylic acids is 1. The fourth-order valence-corrected chi connectivity index (χ4v) is 3.70. The Kier molecular flexibility index (Phi) is 6.35. The van der Waals surface area contributed by atoms with Crippen LogP contribution in [-0.4, -0.2) is 36.2 Å². The summed E-state index contributed by atoms with van der Waals surface area (Å²) in [6.07, 6.45) is 0.750. The zero-order valence-corrected chi connectivity index (χ0v) is 15.9. The Balaban J connectivity index is 1.69. The minimum absolute atomic E-state index is 0.291. The van der Waals surface area contributed by atoms with Crippen molar-refractivity contribution < 1.29 is 19.4 Å². The van der Waals surface area contributed by atoms with Crippen LogP contribution >= 0.6 is 0 Å². The summed E-state index contributed by atoms with van der Waals surface area (Å²) in [7, 11) is 1.63. The normalized spacial score (nSPS) is 20.2. The molecule has 144 valence electrons. The summed E-state index contributed by atoms with van der Waals surface area (Å²) in [5.74, 6) is 0.796. The number of ether oxygens (including phenoxy) is 2. The van der Waals surface area contributed by atoms with Gasteiger partial charge in [-0.3, -0.25) is 9.69 Å². The maximum atomic E-state index is 11.4. The van der Waals surface area contributed by atoms with Crippen LogP contribution in [0.15, 0.2) is 48.5 Å². The number of nitrogens with zero attached hydrogens (tertiary/aromatic N) is 1. The Labute approximate surface area is 160 Å². The van der Waals surface area contributed by atoms with Gasteiger partial charge in [0, 0.05) is 19.6 Å². The van der Waals surface area contributed by atoms with Crippen LogP contribution in [0.1, 0.15) is 24.5 Å². The van der Waals surface area contributed by atoms with E-state index in [-0.39, 0.29) is 5.92 Å². The molecule has 1 fully saturated rings. The van der Waals surface area contributed by atoms with Crippen LogP contribution in [0.3, 0.4) is 0 Å². The lowest BCUT2D eigenvalue weighted by Crippen LogP contribution is -2.41. The van der Waals surface area contributed by atoms with E-state index in [1.165, 1.54) is 0 Å². The van der Waals surface area contributed by atoms with Crippen molar-refractivity contribution in [3.05, 3.63) is 59.7 Å². The number of aliphatic carboxylic acids is 1. The van der Waals surface area contributed by atoms with Crippen LogP contribution < -0.4 is 9.47 Å². The molecule has 0 amide bonds. The highest BCUT2D eigenvalue weighted by molar-refractivity contribution is 5.70. The standard InChI is InChI=1S/C22H27NO4/c1-16-10-19(22(24)25)14-23(12-16)13-18-8-9-20(26-2)21(11-18)27-15-17-6-4-3-5-7-17/h3-9,11,16,19H,10,12-15H2,1-2H3,(H,24,25). The number of rotatable bonds is 7. The van der Waals surface area contributed by atoms with Gasteiger partial charge in [-0.15, -0.1) is 0 Å². The second-order valence-electron chi connectivity index (χ2n) is 7.33. The lowest BCUT2D eigenvalue weighted by molar-refractivity contribution is -0.144. The van der Waals surface area contributed by atoms with Gasteiger partial charge in [-0.05, 0) is 35.6 Å². The van der Waals surface area contributed by atoms with Crippen molar-refractivity contribution in [2.45, 2.75) is 26.5 Å². The van der Waals surface area contributed by atoms with E-state index in [1.807, 2.05) is 48.5 Å². The van der Waals surface area contributed by atoms with Gasteiger partial charge in [0.05, 0.1) is 13.0 Å². The molecule has 1 aliphatic rings. The number of carboxylic acid groups (broad SMARTS) is 1. The summed E-state index contributed by atoms with van der Waals surface area (Å²) in [5, 5.41) is 9.37. The molecule has 27 heavy (non-hydrogen) atoms. The van der Waals surface area contributed by atoms with Crippen molar-refractivity contribution in [3.8, 4) is 11.5 Å². The van der Waals surface area contributed by atoms with Crippen molar-refractivity contribution in [2.75, 3.05) is 20.2 Å². The number of hydrogen-bond acceptors (Lipinski definition) is 4. The van der Waals surface area contributed by atoms with Gasteiger partial charge in [-0.1, -0.05) is 43.3 Å². The topological polar surface area (TPSA) is 59.0 Å². The highest BCUT2D eigenvalue weighted by Gasteiger charge is 2.29. The molecule has 5 heteroatoms. The van der Waals surface area contributed by atoms with E-state index in [2.05, 4.69) is 11.8 Å². The number of piperidine rings is 1. The Morgan fingerprint density at radius 2 is 1.89 bits per heavy atom. The summed E-state index contributed by atoms with van der Waals surface area (Å²) in [4.78, 5) is 13.6. The second-order valence-corrected chi connectivity index (χ2v) is 7.33. The SMILES string of the molecule is COc1ccc(CN2CC(C)CC(C(=O)O)C2)cc1OCc1ccccc1. The zero-order valence-electron chi connectivity index (χ0n) is 15.9. The van der Waals surface area contributed by atoms with E-state index in [0.29, 0.717) is 37.1 Å². The van der Waals surface area contributed by atoms with Gasteiger partial charge in [-0.25, -0.2) is 0 Å². The molecular weight excluding hydrogens is 342 g/mol. The Hall–Kier alpha value is -2.53. The van der Waals surface area contributed by atoms with E-state index in [0.717, 1.165) is 24.1 Å². The fraction of sp³-hybridized carbons (Fsp3) is 0.409. The van der Waals surface area contributed by atoms with Crippen molar-refractivity contribution in [1.82, 2.24) is 4.90 Å². The predicted octanol–water partition coefficient (Wildman–Crippen LogP) is 3.82. The second kappa shape index (κ2) is 8.91. The molecule has 1 heterocycles. The van der Waals surface area contributed by atoms with Crippen molar-refractivity contribution in [1.29, 1.82) is 0 Å². The van der Waals surface area contributed by atoms with E-state index in [4.69, 9.17) is 9.47 Å². The molecule has 0 spiro atoms. The van der Waals surface area contributed by atoms with Crippen LogP contribution in [-0.2, 0) is 17.9 Å². The third-order valence-corrected chi connectivity index (χ3v) is 4.96. The van der Waals surface area contributed by atoms with E-state index in [9.17, 15) is 9.90 Å². The summed E-state index contributed by atoms with van der Waals surface area (Å²) < 4.78 is 11.4. The van der Waals surface area contributed by atoms with E-state index < -0.39 is 5.97 Å². The first kappa shape index (κ1) is 19.2. The Morgan fingerprint density at radius 1 is 1.11 bits per heavy atom. The van der Waals surface area contributed by atoms with Crippen LogP contribution in [0, 0.1) is 11.8 Å². The van der Waals surface area contributed by atoms with E-state index >= 15 is 0 Å². The van der Waals surface area contributed by atoms with Gasteiger partial charge in [0.2, 0.25) is 0 Å². The number of likely N-dealkylation sites (tertiary alicyclic amines) is 1. The molecule has 0 aromatic heterocycles. The van der Waals surface area contributed by atoms with Crippen molar-refractivity contribution in [3.63, 3.8) is 0 Å². The van der Waals surface area contributed by atoms with Gasteiger partial charge in [0.1, 0.15) is 6.61 Å². The number of methoxy groups -OCH3 is 1. The Morgan fingerprint density at radius 3 is 2.59 bits per heavy atom. The molecule has 1 aliphatic heterocycles. The van der Waals surface area contributed by atoms with Crippen LogP contribution in [0.2, 0.25) is 0 Å². The molecule has 2 atom stereocenters. The van der Waals surface area contributed by atoms with Gasteiger partial charge < -0.3 is 14.6 Å². The van der Waals surface area contributed by atoms with Gasteiger partial charge in [0.25, 0.3) is 0 Å². The molecule has 5 nitrogen and oxygen atoms in total. The van der Waals surface area contributed by atoms with E-state index in [1.54, 1.807) is 7.11 Å². The largest absolute Gasteiger partial charge is 0.493 e. The monoisotopic (exact) mass is 369 g/mol. The molecule has 2 unspecified atom stereocenters. The maximum Gasteiger partial charge on any atom is 0.307 e.